The zero-order valence-corrected chi connectivity index (χ0v) is 10.4. The van der Waals surface area contributed by atoms with Crippen LogP contribution >= 0.6 is 0 Å². The summed E-state index contributed by atoms with van der Waals surface area (Å²) in [4.78, 5) is 6.73. The lowest BCUT2D eigenvalue weighted by Crippen LogP contribution is -2.38. The van der Waals surface area contributed by atoms with Crippen LogP contribution in [0.5, 0.6) is 0 Å². The fourth-order valence-corrected chi connectivity index (χ4v) is 1.92. The predicted molar refractivity (Wildman–Crippen MR) is 70.2 cm³/mol. The van der Waals surface area contributed by atoms with E-state index in [1.54, 1.807) is 0 Å². The summed E-state index contributed by atoms with van der Waals surface area (Å²) in [5, 5.41) is 0. The number of rotatable bonds is 3. The second-order valence-corrected chi connectivity index (χ2v) is 4.31. The Labute approximate surface area is 98.7 Å². The highest BCUT2D eigenvalue weighted by Gasteiger charge is 2.20. The largest absolute Gasteiger partial charge is 0.402 e. The molecule has 1 aliphatic heterocycles. The maximum Gasteiger partial charge on any atom is 0.101 e. The Morgan fingerprint density at radius 3 is 2.62 bits per heavy atom. The van der Waals surface area contributed by atoms with E-state index in [2.05, 4.69) is 36.4 Å². The van der Waals surface area contributed by atoms with Gasteiger partial charge in [-0.3, -0.25) is 0 Å². The predicted octanol–water partition coefficient (Wildman–Crippen LogP) is 2.51. The van der Waals surface area contributed by atoms with Crippen LogP contribution in [0.2, 0.25) is 0 Å². The summed E-state index contributed by atoms with van der Waals surface area (Å²) in [6.45, 7) is 10.1. The summed E-state index contributed by atoms with van der Waals surface area (Å²) >= 11 is 0. The molecule has 90 valence electrons. The van der Waals surface area contributed by atoms with Crippen molar-refractivity contribution < 1.29 is 0 Å². The molecule has 0 bridgehead atoms. The topological polar surface area (TPSA) is 41.6 Å². The second-order valence-electron chi connectivity index (χ2n) is 4.31. The number of hydrogen-bond donors (Lipinski definition) is 1. The van der Waals surface area contributed by atoms with Crippen LogP contribution in [0.1, 0.15) is 33.1 Å². The molecule has 0 aromatic heterocycles. The summed E-state index contributed by atoms with van der Waals surface area (Å²) < 4.78 is 0. The first kappa shape index (κ1) is 12.8. The molecule has 16 heavy (non-hydrogen) atoms. The van der Waals surface area contributed by atoms with E-state index < -0.39 is 0 Å². The van der Waals surface area contributed by atoms with Crippen molar-refractivity contribution in [3.63, 3.8) is 0 Å². The van der Waals surface area contributed by atoms with E-state index in [1.807, 2.05) is 6.20 Å². The SMILES string of the molecule is C=C(N)C1CCN(C(C)=N/C=C\CC)CC1. The first-order chi connectivity index (χ1) is 7.65. The summed E-state index contributed by atoms with van der Waals surface area (Å²) in [6, 6.07) is 0. The van der Waals surface area contributed by atoms with Crippen LogP contribution in [0.25, 0.3) is 0 Å². The van der Waals surface area contributed by atoms with Crippen molar-refractivity contribution in [1.82, 2.24) is 4.90 Å². The monoisotopic (exact) mass is 221 g/mol. The van der Waals surface area contributed by atoms with E-state index in [0.717, 1.165) is 43.9 Å². The van der Waals surface area contributed by atoms with Gasteiger partial charge in [0.1, 0.15) is 5.84 Å². The van der Waals surface area contributed by atoms with Crippen LogP contribution in [0.4, 0.5) is 0 Å². The van der Waals surface area contributed by atoms with Crippen molar-refractivity contribution in [3.8, 4) is 0 Å². The summed E-state index contributed by atoms with van der Waals surface area (Å²) in [5.74, 6) is 1.60. The van der Waals surface area contributed by atoms with Crippen molar-refractivity contribution in [2.45, 2.75) is 33.1 Å². The zero-order chi connectivity index (χ0) is 12.0. The lowest BCUT2D eigenvalue weighted by molar-refractivity contribution is 0.288. The molecule has 1 rings (SSSR count). The molecule has 0 spiro atoms. The van der Waals surface area contributed by atoms with Gasteiger partial charge in [-0.2, -0.15) is 0 Å². The van der Waals surface area contributed by atoms with Crippen LogP contribution in [0.15, 0.2) is 29.5 Å². The summed E-state index contributed by atoms with van der Waals surface area (Å²) in [6.07, 6.45) is 7.19. The molecule has 0 aromatic carbocycles. The van der Waals surface area contributed by atoms with Gasteiger partial charge in [0.2, 0.25) is 0 Å². The van der Waals surface area contributed by atoms with Crippen LogP contribution in [0.3, 0.4) is 0 Å². The molecule has 0 amide bonds. The molecule has 0 atom stereocenters. The van der Waals surface area contributed by atoms with Gasteiger partial charge >= 0.3 is 0 Å². The number of nitrogens with two attached hydrogens (primary N) is 1. The van der Waals surface area contributed by atoms with E-state index in [0.29, 0.717) is 5.92 Å². The molecule has 0 aromatic rings. The first-order valence-corrected chi connectivity index (χ1v) is 6.03. The van der Waals surface area contributed by atoms with E-state index in [4.69, 9.17) is 5.73 Å². The smallest absolute Gasteiger partial charge is 0.101 e. The molecule has 1 heterocycles. The molecule has 3 nitrogen and oxygen atoms in total. The van der Waals surface area contributed by atoms with Gasteiger partial charge in [0.25, 0.3) is 0 Å². The third-order valence-electron chi connectivity index (χ3n) is 3.08. The number of likely N-dealkylation sites (tertiary alicyclic amines) is 1. The Kier molecular flexibility index (Phi) is 5.09. The van der Waals surface area contributed by atoms with Crippen LogP contribution < -0.4 is 5.73 Å². The average Bonchev–Trinajstić information content (AvgIpc) is 2.29. The third kappa shape index (κ3) is 3.72. The lowest BCUT2D eigenvalue weighted by atomic mass is 9.94. The number of aliphatic imine (C=N–C) groups is 1. The quantitative estimate of drug-likeness (QED) is 0.587. The van der Waals surface area contributed by atoms with Gasteiger partial charge in [-0.25, -0.2) is 4.99 Å². The maximum atomic E-state index is 5.73. The number of hydrogen-bond acceptors (Lipinski definition) is 2. The molecule has 0 aliphatic carbocycles. The Morgan fingerprint density at radius 2 is 2.12 bits per heavy atom. The zero-order valence-electron chi connectivity index (χ0n) is 10.4. The van der Waals surface area contributed by atoms with Crippen molar-refractivity contribution in [2.24, 2.45) is 16.6 Å². The number of piperidine rings is 1. The normalized spacial score (nSPS) is 19.4. The third-order valence-corrected chi connectivity index (χ3v) is 3.08. The fourth-order valence-electron chi connectivity index (χ4n) is 1.92. The molecular weight excluding hydrogens is 198 g/mol. The Morgan fingerprint density at radius 1 is 1.50 bits per heavy atom. The molecule has 1 saturated heterocycles. The number of amidine groups is 1. The minimum Gasteiger partial charge on any atom is -0.402 e. The maximum absolute atomic E-state index is 5.73. The highest BCUT2D eigenvalue weighted by molar-refractivity contribution is 5.80. The van der Waals surface area contributed by atoms with E-state index >= 15 is 0 Å². The summed E-state index contributed by atoms with van der Waals surface area (Å²) in [7, 11) is 0. The van der Waals surface area contributed by atoms with Crippen molar-refractivity contribution in [3.05, 3.63) is 24.6 Å². The van der Waals surface area contributed by atoms with Crippen molar-refractivity contribution in [2.75, 3.05) is 13.1 Å². The van der Waals surface area contributed by atoms with Crippen molar-refractivity contribution in [1.29, 1.82) is 0 Å². The lowest BCUT2D eigenvalue weighted by Gasteiger charge is -2.33. The Hall–Kier alpha value is -1.25. The van der Waals surface area contributed by atoms with Gasteiger partial charge in [-0.15, -0.1) is 0 Å². The van der Waals surface area contributed by atoms with Gasteiger partial charge in [-0.1, -0.05) is 19.6 Å². The van der Waals surface area contributed by atoms with Crippen LogP contribution in [0, 0.1) is 5.92 Å². The molecule has 0 unspecified atom stereocenters. The number of allylic oxidation sites excluding steroid dienone is 2. The molecule has 1 aliphatic rings. The second kappa shape index (κ2) is 6.36. The highest BCUT2D eigenvalue weighted by atomic mass is 15.2. The molecule has 2 N–H and O–H groups in total. The minimum atomic E-state index is 0.496. The van der Waals surface area contributed by atoms with Gasteiger partial charge in [-0.05, 0) is 26.2 Å². The highest BCUT2D eigenvalue weighted by Crippen LogP contribution is 2.20. The van der Waals surface area contributed by atoms with E-state index in [1.165, 1.54) is 0 Å². The van der Waals surface area contributed by atoms with Crippen LogP contribution in [-0.4, -0.2) is 23.8 Å². The van der Waals surface area contributed by atoms with Crippen LogP contribution in [-0.2, 0) is 0 Å². The Bertz CT molecular complexity index is 284. The molecular formula is C13H23N3. The molecule has 1 fully saturated rings. The van der Waals surface area contributed by atoms with Gasteiger partial charge < -0.3 is 10.6 Å². The first-order valence-electron chi connectivity index (χ1n) is 6.03. The summed E-state index contributed by atoms with van der Waals surface area (Å²) in [5.41, 5.74) is 6.57. The van der Waals surface area contributed by atoms with Gasteiger partial charge in [0.15, 0.2) is 0 Å². The standard InChI is InChI=1S/C13H23N3/c1-4-5-8-15-12(3)16-9-6-13(7-10-16)11(2)14/h5,8,13H,2,4,6-7,9-10,14H2,1,3H3/b8-5-,15-12?. The molecule has 3 heteroatoms. The van der Waals surface area contributed by atoms with Gasteiger partial charge in [0, 0.05) is 30.9 Å². The Balaban J connectivity index is 2.44. The van der Waals surface area contributed by atoms with E-state index in [-0.39, 0.29) is 0 Å². The number of nitrogens with zero attached hydrogens (tertiary/aromatic N) is 2. The van der Waals surface area contributed by atoms with Crippen molar-refractivity contribution >= 4 is 5.84 Å². The van der Waals surface area contributed by atoms with Gasteiger partial charge in [0.05, 0.1) is 0 Å². The minimum absolute atomic E-state index is 0.496. The average molecular weight is 221 g/mol. The molecule has 0 radical (unpaired) electrons. The van der Waals surface area contributed by atoms with E-state index in [9.17, 15) is 0 Å². The fraction of sp³-hybridized carbons (Fsp3) is 0.615. The molecule has 0 saturated carbocycles.